The highest BCUT2D eigenvalue weighted by Gasteiger charge is 2.48. The first kappa shape index (κ1) is 19.5. The molecule has 6 atom stereocenters. The van der Waals surface area contributed by atoms with Crippen molar-refractivity contribution >= 4 is 16.1 Å². The summed E-state index contributed by atoms with van der Waals surface area (Å²) >= 11 is 0. The van der Waals surface area contributed by atoms with Crippen LogP contribution in [0, 0.1) is 29.6 Å². The lowest BCUT2D eigenvalue weighted by molar-refractivity contribution is 0.163. The van der Waals surface area contributed by atoms with Crippen molar-refractivity contribution in [2.45, 2.75) is 39.5 Å². The third-order valence-corrected chi connectivity index (χ3v) is 7.03. The molecule has 28 heavy (non-hydrogen) atoms. The highest BCUT2D eigenvalue weighted by atomic mass is 32.3. The highest BCUT2D eigenvalue weighted by molar-refractivity contribution is 7.81. The van der Waals surface area contributed by atoms with Crippen molar-refractivity contribution in [2.75, 3.05) is 6.54 Å². The first-order valence-electron chi connectivity index (χ1n) is 9.84. The summed E-state index contributed by atoms with van der Waals surface area (Å²) in [5.41, 5.74) is 3.45. The molecule has 4 rings (SSSR count). The van der Waals surface area contributed by atoms with E-state index in [2.05, 4.69) is 31.0 Å². The Labute approximate surface area is 166 Å². The molecule has 6 unspecified atom stereocenters. The number of aromatic hydroxyl groups is 1. The van der Waals surface area contributed by atoms with Gasteiger partial charge in [-0.25, -0.2) is 0 Å². The van der Waals surface area contributed by atoms with Gasteiger partial charge in [0, 0.05) is 30.2 Å². The SMILES string of the molecule is CC1=CC(c2cc(O)cc(OS(=O)(=O)O)c2)C2C(C)CN=C3CC(C)CC1C32. The summed E-state index contributed by atoms with van der Waals surface area (Å²) in [6.07, 6.45) is 4.48. The Hall–Kier alpha value is -1.86. The normalized spacial score (nSPS) is 34.9. The summed E-state index contributed by atoms with van der Waals surface area (Å²) in [5, 5.41) is 10.1. The van der Waals surface area contributed by atoms with Crippen LogP contribution in [0.2, 0.25) is 0 Å². The summed E-state index contributed by atoms with van der Waals surface area (Å²) in [6, 6.07) is 4.46. The summed E-state index contributed by atoms with van der Waals surface area (Å²) in [6.45, 7) is 7.48. The lowest BCUT2D eigenvalue weighted by Gasteiger charge is -2.51. The minimum Gasteiger partial charge on any atom is -0.508 e. The second-order valence-electron chi connectivity index (χ2n) is 8.77. The molecule has 1 heterocycles. The van der Waals surface area contributed by atoms with Gasteiger partial charge < -0.3 is 9.29 Å². The monoisotopic (exact) mass is 405 g/mol. The van der Waals surface area contributed by atoms with Gasteiger partial charge in [-0.2, -0.15) is 8.42 Å². The predicted molar refractivity (Wildman–Crippen MR) is 107 cm³/mol. The zero-order chi connectivity index (χ0) is 20.2. The number of phenols is 1. The molecule has 6 nitrogen and oxygen atoms in total. The van der Waals surface area contributed by atoms with E-state index in [-0.39, 0.29) is 17.4 Å². The Morgan fingerprint density at radius 3 is 2.68 bits per heavy atom. The molecule has 0 radical (unpaired) electrons. The Balaban J connectivity index is 1.79. The molecular formula is C21H27NO5S. The van der Waals surface area contributed by atoms with Gasteiger partial charge in [-0.05, 0) is 61.1 Å². The van der Waals surface area contributed by atoms with Crippen LogP contribution in [0.25, 0.3) is 0 Å². The third-order valence-electron chi connectivity index (χ3n) is 6.63. The van der Waals surface area contributed by atoms with Gasteiger partial charge >= 0.3 is 10.4 Å². The number of nitrogens with zero attached hydrogens (tertiary/aromatic N) is 1. The molecule has 1 aromatic rings. The third kappa shape index (κ3) is 3.57. The van der Waals surface area contributed by atoms with Gasteiger partial charge in [0.25, 0.3) is 0 Å². The largest absolute Gasteiger partial charge is 0.508 e. The molecule has 3 aliphatic rings. The van der Waals surface area contributed by atoms with Crippen LogP contribution in [-0.2, 0) is 10.4 Å². The van der Waals surface area contributed by atoms with Gasteiger partial charge in [-0.3, -0.25) is 9.55 Å². The van der Waals surface area contributed by atoms with E-state index < -0.39 is 10.4 Å². The molecular weight excluding hydrogens is 378 g/mol. The summed E-state index contributed by atoms with van der Waals surface area (Å²) < 4.78 is 35.9. The van der Waals surface area contributed by atoms with Crippen LogP contribution in [0.1, 0.15) is 45.1 Å². The van der Waals surface area contributed by atoms with Crippen molar-refractivity contribution in [3.63, 3.8) is 0 Å². The quantitative estimate of drug-likeness (QED) is 0.586. The van der Waals surface area contributed by atoms with E-state index in [1.807, 2.05) is 0 Å². The van der Waals surface area contributed by atoms with Crippen LogP contribution in [0.15, 0.2) is 34.8 Å². The second kappa shape index (κ2) is 6.88. The number of rotatable bonds is 3. The van der Waals surface area contributed by atoms with Crippen molar-refractivity contribution in [2.24, 2.45) is 34.6 Å². The fourth-order valence-corrected chi connectivity index (χ4v) is 5.98. The Bertz CT molecular complexity index is 952. The minimum absolute atomic E-state index is 0.0333. The zero-order valence-corrected chi connectivity index (χ0v) is 17.2. The van der Waals surface area contributed by atoms with Gasteiger partial charge in [-0.1, -0.05) is 25.5 Å². The number of aliphatic imine (C=N–C) groups is 1. The molecule has 152 valence electrons. The van der Waals surface area contributed by atoms with Crippen LogP contribution in [0.5, 0.6) is 11.5 Å². The maximum atomic E-state index is 11.1. The molecule has 2 aliphatic carbocycles. The first-order chi connectivity index (χ1) is 13.1. The van der Waals surface area contributed by atoms with Gasteiger partial charge in [0.2, 0.25) is 0 Å². The Morgan fingerprint density at radius 2 is 1.96 bits per heavy atom. The van der Waals surface area contributed by atoms with E-state index in [0.29, 0.717) is 29.6 Å². The molecule has 0 aromatic heterocycles. The van der Waals surface area contributed by atoms with Crippen LogP contribution >= 0.6 is 0 Å². The average Bonchev–Trinajstić information content (AvgIpc) is 2.57. The molecule has 0 saturated heterocycles. The van der Waals surface area contributed by atoms with Crippen LogP contribution in [-0.4, -0.2) is 30.3 Å². The lowest BCUT2D eigenvalue weighted by atomic mass is 9.55. The smallest absolute Gasteiger partial charge is 0.446 e. The lowest BCUT2D eigenvalue weighted by Crippen LogP contribution is -2.48. The number of hydrogen-bond acceptors (Lipinski definition) is 5. The molecule has 1 aliphatic heterocycles. The van der Waals surface area contributed by atoms with E-state index in [4.69, 9.17) is 9.55 Å². The van der Waals surface area contributed by atoms with Gasteiger partial charge in [0.1, 0.15) is 11.5 Å². The van der Waals surface area contributed by atoms with Crippen molar-refractivity contribution in [1.29, 1.82) is 0 Å². The molecule has 0 amide bonds. The molecule has 7 heteroatoms. The fraction of sp³-hybridized carbons (Fsp3) is 0.571. The summed E-state index contributed by atoms with van der Waals surface area (Å²) in [7, 11) is -4.65. The van der Waals surface area contributed by atoms with Gasteiger partial charge in [0.15, 0.2) is 0 Å². The number of hydrogen-bond donors (Lipinski definition) is 2. The molecule has 2 N–H and O–H groups in total. The molecule has 0 spiro atoms. The Morgan fingerprint density at radius 1 is 1.21 bits per heavy atom. The minimum atomic E-state index is -4.65. The molecule has 0 bridgehead atoms. The maximum Gasteiger partial charge on any atom is 0.446 e. The Kier molecular flexibility index (Phi) is 4.78. The van der Waals surface area contributed by atoms with Crippen LogP contribution in [0.3, 0.4) is 0 Å². The van der Waals surface area contributed by atoms with E-state index in [1.165, 1.54) is 23.8 Å². The first-order valence-corrected chi connectivity index (χ1v) is 11.2. The topological polar surface area (TPSA) is 96.2 Å². The van der Waals surface area contributed by atoms with Crippen molar-refractivity contribution in [1.82, 2.24) is 0 Å². The van der Waals surface area contributed by atoms with E-state index in [1.54, 1.807) is 12.1 Å². The van der Waals surface area contributed by atoms with Crippen LogP contribution in [0.4, 0.5) is 0 Å². The summed E-state index contributed by atoms with van der Waals surface area (Å²) in [4.78, 5) is 4.91. The maximum absolute atomic E-state index is 11.1. The number of benzene rings is 1. The fourth-order valence-electron chi connectivity index (χ4n) is 5.64. The second-order valence-corrected chi connectivity index (χ2v) is 9.79. The van der Waals surface area contributed by atoms with E-state index in [9.17, 15) is 13.5 Å². The van der Waals surface area contributed by atoms with Crippen molar-refractivity contribution in [3.8, 4) is 11.5 Å². The number of allylic oxidation sites excluding steroid dienone is 2. The zero-order valence-electron chi connectivity index (χ0n) is 16.4. The average molecular weight is 406 g/mol. The van der Waals surface area contributed by atoms with Crippen LogP contribution < -0.4 is 4.18 Å². The number of phenolic OH excluding ortho intramolecular Hbond substituents is 1. The highest BCUT2D eigenvalue weighted by Crippen LogP contribution is 2.54. The standard InChI is InChI=1S/C21H27NO5S/c1-11-4-17-12(2)6-18(20-13(3)10-22-19(5-11)21(17)20)14-7-15(23)9-16(8-14)27-28(24,25)26/h6-9,11,13,17-18,20-21,23H,4-5,10H2,1-3H3,(H,24,25,26). The van der Waals surface area contributed by atoms with Gasteiger partial charge in [-0.15, -0.1) is 0 Å². The van der Waals surface area contributed by atoms with E-state index in [0.717, 1.165) is 18.5 Å². The van der Waals surface area contributed by atoms with Gasteiger partial charge in [0.05, 0.1) is 0 Å². The molecule has 1 aromatic carbocycles. The van der Waals surface area contributed by atoms with E-state index >= 15 is 0 Å². The molecule has 1 saturated carbocycles. The molecule has 1 fully saturated rings. The van der Waals surface area contributed by atoms with Crippen molar-refractivity contribution in [3.05, 3.63) is 35.4 Å². The predicted octanol–water partition coefficient (Wildman–Crippen LogP) is 3.99. The summed E-state index contributed by atoms with van der Waals surface area (Å²) in [5.74, 6) is 2.11. The van der Waals surface area contributed by atoms with Crippen molar-refractivity contribution < 1.29 is 22.3 Å².